The minimum atomic E-state index is 0.746. The summed E-state index contributed by atoms with van der Waals surface area (Å²) in [5, 5.41) is 1.11. The quantitative estimate of drug-likeness (QED) is 0.667. The zero-order chi connectivity index (χ0) is 14.8. The van der Waals surface area contributed by atoms with Gasteiger partial charge in [0.05, 0.1) is 12.6 Å². The van der Waals surface area contributed by atoms with E-state index >= 15 is 0 Å². The van der Waals surface area contributed by atoms with Crippen molar-refractivity contribution in [2.24, 2.45) is 11.8 Å². The largest absolute Gasteiger partial charge is 0.497 e. The number of methoxy groups -OCH3 is 1. The number of benzene rings is 1. The Hall–Kier alpha value is -1.85. The molecular formula is C16H22N4O. The van der Waals surface area contributed by atoms with E-state index < -0.39 is 0 Å². The van der Waals surface area contributed by atoms with Crippen LogP contribution in [0.3, 0.4) is 0 Å². The molecule has 0 spiro atoms. The maximum absolute atomic E-state index is 5.65. The van der Waals surface area contributed by atoms with E-state index in [9.17, 15) is 0 Å². The average molecular weight is 286 g/mol. The molecule has 1 aliphatic heterocycles. The Morgan fingerprint density at radius 3 is 2.95 bits per heavy atom. The van der Waals surface area contributed by atoms with Gasteiger partial charge < -0.3 is 10.2 Å². The maximum Gasteiger partial charge on any atom is 0.145 e. The third kappa shape index (κ3) is 2.94. The molecule has 0 amide bonds. The Morgan fingerprint density at radius 1 is 1.43 bits per heavy atom. The number of hydrogen-bond donors (Lipinski definition) is 2. The Bertz CT molecular complexity index is 643. The predicted molar refractivity (Wildman–Crippen MR) is 85.2 cm³/mol. The van der Waals surface area contributed by atoms with Gasteiger partial charge in [-0.25, -0.2) is 10.8 Å². The van der Waals surface area contributed by atoms with Gasteiger partial charge in [-0.05, 0) is 37.1 Å². The van der Waals surface area contributed by atoms with Crippen LogP contribution < -0.4 is 16.0 Å². The molecule has 1 aliphatic rings. The third-order valence-corrected chi connectivity index (χ3v) is 4.14. The molecule has 1 aromatic heterocycles. The molecule has 0 aliphatic carbocycles. The van der Waals surface area contributed by atoms with E-state index in [-0.39, 0.29) is 0 Å². The van der Waals surface area contributed by atoms with Crippen molar-refractivity contribution in [2.45, 2.75) is 19.9 Å². The average Bonchev–Trinajstić information content (AvgIpc) is 2.91. The van der Waals surface area contributed by atoms with Crippen molar-refractivity contribution in [2.75, 3.05) is 25.6 Å². The topological polar surface area (TPSA) is 63.4 Å². The molecule has 2 heterocycles. The van der Waals surface area contributed by atoms with Crippen LogP contribution in [0.25, 0.3) is 10.9 Å². The second-order valence-corrected chi connectivity index (χ2v) is 5.83. The summed E-state index contributed by atoms with van der Waals surface area (Å²) in [4.78, 5) is 7.08. The number of aromatic nitrogens is 1. The zero-order valence-electron chi connectivity index (χ0n) is 12.6. The van der Waals surface area contributed by atoms with Gasteiger partial charge in [-0.2, -0.15) is 0 Å². The first-order valence-corrected chi connectivity index (χ1v) is 7.36. The number of ether oxygens (including phenoxy) is 1. The lowest BCUT2D eigenvalue weighted by molar-refractivity contribution is 0.320. The van der Waals surface area contributed by atoms with Gasteiger partial charge in [0, 0.05) is 30.1 Å². The van der Waals surface area contributed by atoms with E-state index in [2.05, 4.69) is 28.3 Å². The zero-order valence-corrected chi connectivity index (χ0v) is 12.6. The smallest absolute Gasteiger partial charge is 0.145 e. The van der Waals surface area contributed by atoms with Crippen molar-refractivity contribution in [1.82, 2.24) is 9.88 Å². The summed E-state index contributed by atoms with van der Waals surface area (Å²) in [6, 6.07) is 8.09. The molecule has 1 aromatic carbocycles. The molecule has 0 saturated carbocycles. The highest BCUT2D eigenvalue weighted by Gasteiger charge is 2.20. The first kappa shape index (κ1) is 14.1. The molecule has 1 fully saturated rings. The van der Waals surface area contributed by atoms with Crippen LogP contribution in [0.2, 0.25) is 0 Å². The van der Waals surface area contributed by atoms with Gasteiger partial charge in [-0.15, -0.1) is 0 Å². The fourth-order valence-corrected chi connectivity index (χ4v) is 2.97. The van der Waals surface area contributed by atoms with Gasteiger partial charge in [-0.1, -0.05) is 6.92 Å². The van der Waals surface area contributed by atoms with E-state index in [1.807, 2.05) is 18.2 Å². The number of hydrazine groups is 1. The molecule has 0 radical (unpaired) electrons. The highest BCUT2D eigenvalue weighted by Crippen LogP contribution is 2.26. The number of pyridine rings is 1. The van der Waals surface area contributed by atoms with Crippen LogP contribution in [0.4, 0.5) is 5.82 Å². The second kappa shape index (κ2) is 5.87. The van der Waals surface area contributed by atoms with E-state index in [0.29, 0.717) is 0 Å². The summed E-state index contributed by atoms with van der Waals surface area (Å²) in [6.07, 6.45) is 1.27. The minimum absolute atomic E-state index is 0.746. The number of nitrogens with one attached hydrogen (secondary N) is 1. The van der Waals surface area contributed by atoms with Gasteiger partial charge in [0.2, 0.25) is 0 Å². The Kier molecular flexibility index (Phi) is 3.94. The van der Waals surface area contributed by atoms with E-state index in [1.54, 1.807) is 7.11 Å². The number of nitrogens with two attached hydrogens (primary N) is 1. The number of fused-ring (bicyclic) bond motifs is 1. The van der Waals surface area contributed by atoms with Crippen LogP contribution >= 0.6 is 0 Å². The van der Waals surface area contributed by atoms with Crippen LogP contribution in [-0.2, 0) is 6.54 Å². The molecule has 1 saturated heterocycles. The molecule has 5 nitrogen and oxygen atoms in total. The highest BCUT2D eigenvalue weighted by molar-refractivity contribution is 5.83. The first-order chi connectivity index (χ1) is 10.2. The van der Waals surface area contributed by atoms with Crippen molar-refractivity contribution in [3.05, 3.63) is 29.8 Å². The third-order valence-electron chi connectivity index (χ3n) is 4.14. The van der Waals surface area contributed by atoms with Gasteiger partial charge in [0.1, 0.15) is 11.6 Å². The van der Waals surface area contributed by atoms with Crippen LogP contribution in [0.15, 0.2) is 24.3 Å². The van der Waals surface area contributed by atoms with Crippen LogP contribution in [-0.4, -0.2) is 30.1 Å². The van der Waals surface area contributed by atoms with Gasteiger partial charge in [0.25, 0.3) is 0 Å². The van der Waals surface area contributed by atoms with Gasteiger partial charge in [-0.3, -0.25) is 4.90 Å². The molecule has 5 heteroatoms. The van der Waals surface area contributed by atoms with Crippen molar-refractivity contribution in [3.8, 4) is 5.75 Å². The van der Waals surface area contributed by atoms with E-state index in [1.165, 1.54) is 6.42 Å². The maximum atomic E-state index is 5.65. The molecular weight excluding hydrogens is 264 g/mol. The van der Waals surface area contributed by atoms with Gasteiger partial charge in [0.15, 0.2) is 0 Å². The summed E-state index contributed by atoms with van der Waals surface area (Å²) in [5.74, 6) is 7.98. The Morgan fingerprint density at radius 2 is 2.29 bits per heavy atom. The summed E-state index contributed by atoms with van der Waals surface area (Å²) in [6.45, 7) is 5.47. The van der Waals surface area contributed by atoms with Crippen molar-refractivity contribution < 1.29 is 4.74 Å². The normalized spacial score (nSPS) is 19.1. The summed E-state index contributed by atoms with van der Waals surface area (Å²) in [7, 11) is 1.66. The van der Waals surface area contributed by atoms with Crippen LogP contribution in [0, 0.1) is 5.92 Å². The van der Waals surface area contributed by atoms with Crippen LogP contribution in [0.1, 0.15) is 18.9 Å². The number of anilines is 1. The van der Waals surface area contributed by atoms with Crippen molar-refractivity contribution in [3.63, 3.8) is 0 Å². The van der Waals surface area contributed by atoms with E-state index in [0.717, 1.165) is 53.6 Å². The number of nitrogen functional groups attached to an aromatic ring is 1. The molecule has 0 bridgehead atoms. The lowest BCUT2D eigenvalue weighted by atomic mass is 10.1. The molecule has 21 heavy (non-hydrogen) atoms. The second-order valence-electron chi connectivity index (χ2n) is 5.83. The summed E-state index contributed by atoms with van der Waals surface area (Å²) < 4.78 is 5.25. The fourth-order valence-electron chi connectivity index (χ4n) is 2.97. The molecule has 3 N–H and O–H groups in total. The Labute approximate surface area is 125 Å². The molecule has 112 valence electrons. The Balaban J connectivity index is 1.93. The first-order valence-electron chi connectivity index (χ1n) is 7.36. The molecule has 3 rings (SSSR count). The van der Waals surface area contributed by atoms with Gasteiger partial charge >= 0.3 is 0 Å². The van der Waals surface area contributed by atoms with E-state index in [4.69, 9.17) is 10.6 Å². The summed E-state index contributed by atoms with van der Waals surface area (Å²) >= 11 is 0. The summed E-state index contributed by atoms with van der Waals surface area (Å²) in [5.41, 5.74) is 4.76. The molecule has 1 atom stereocenters. The SMILES string of the molecule is COc1ccc2cc(CN3CCC(C)C3)c(NN)nc2c1. The number of nitrogens with zero attached hydrogens (tertiary/aromatic N) is 2. The van der Waals surface area contributed by atoms with Crippen LogP contribution in [0.5, 0.6) is 5.75 Å². The fraction of sp³-hybridized carbons (Fsp3) is 0.438. The molecule has 1 unspecified atom stereocenters. The molecule has 2 aromatic rings. The van der Waals surface area contributed by atoms with Crippen molar-refractivity contribution in [1.29, 1.82) is 0 Å². The number of likely N-dealkylation sites (tertiary alicyclic amines) is 1. The lowest BCUT2D eigenvalue weighted by Crippen LogP contribution is -2.21. The predicted octanol–water partition coefficient (Wildman–Crippen LogP) is 2.37. The number of rotatable bonds is 4. The highest BCUT2D eigenvalue weighted by atomic mass is 16.5. The number of hydrogen-bond acceptors (Lipinski definition) is 5. The lowest BCUT2D eigenvalue weighted by Gasteiger charge is -2.18. The minimum Gasteiger partial charge on any atom is -0.497 e. The van der Waals surface area contributed by atoms with Crippen molar-refractivity contribution >= 4 is 16.7 Å². The monoisotopic (exact) mass is 286 g/mol. The standard InChI is InChI=1S/C16H22N4O/c1-11-5-6-20(9-11)10-13-7-12-3-4-14(21-2)8-15(12)18-16(13)19-17/h3-4,7-8,11H,5-6,9-10,17H2,1-2H3,(H,18,19).